The van der Waals surface area contributed by atoms with Gasteiger partial charge in [0.15, 0.2) is 0 Å². The summed E-state index contributed by atoms with van der Waals surface area (Å²) in [6.45, 7) is 6.47. The maximum atomic E-state index is 12.1. The van der Waals surface area contributed by atoms with Crippen LogP contribution in [0.5, 0.6) is 0 Å². The third kappa shape index (κ3) is 5.44. The number of rotatable bonds is 6. The van der Waals surface area contributed by atoms with Crippen molar-refractivity contribution < 1.29 is 9.90 Å². The van der Waals surface area contributed by atoms with E-state index in [0.717, 1.165) is 22.4 Å². The van der Waals surface area contributed by atoms with E-state index in [0.29, 0.717) is 12.4 Å². The summed E-state index contributed by atoms with van der Waals surface area (Å²) in [7, 11) is 1.81. The van der Waals surface area contributed by atoms with Crippen molar-refractivity contribution in [1.29, 1.82) is 0 Å². The summed E-state index contributed by atoms with van der Waals surface area (Å²) in [5, 5.41) is 13.2. The van der Waals surface area contributed by atoms with Crippen LogP contribution >= 0.6 is 0 Å². The van der Waals surface area contributed by atoms with Crippen LogP contribution in [0, 0.1) is 20.8 Å². The highest BCUT2D eigenvalue weighted by Gasteiger charge is 2.14. The van der Waals surface area contributed by atoms with Gasteiger partial charge in [-0.3, -0.25) is 9.69 Å². The number of benzene rings is 1. The van der Waals surface area contributed by atoms with Crippen molar-refractivity contribution in [3.8, 4) is 0 Å². The summed E-state index contributed by atoms with van der Waals surface area (Å²) >= 11 is 0. The minimum Gasteiger partial charge on any atom is -0.387 e. The molecule has 0 bridgehead atoms. The first kappa shape index (κ1) is 18.1. The van der Waals surface area contributed by atoms with Gasteiger partial charge in [-0.1, -0.05) is 35.4 Å². The van der Waals surface area contributed by atoms with E-state index in [1.54, 1.807) is 11.0 Å². The third-order valence-corrected chi connectivity index (χ3v) is 3.68. The van der Waals surface area contributed by atoms with Crippen molar-refractivity contribution in [1.82, 2.24) is 9.88 Å². The SMILES string of the molecule is Cc1cc(C)cc(C(O)CN(C)CC(=O)Nc2cccc(C)n2)c1. The normalized spacial score (nSPS) is 12.2. The maximum absolute atomic E-state index is 12.1. The molecular weight excluding hydrogens is 302 g/mol. The lowest BCUT2D eigenvalue weighted by molar-refractivity contribution is -0.117. The Bertz CT molecular complexity index is 695. The molecule has 1 heterocycles. The fourth-order valence-corrected chi connectivity index (χ4v) is 2.71. The van der Waals surface area contributed by atoms with Gasteiger partial charge in [-0.15, -0.1) is 0 Å². The molecule has 2 rings (SSSR count). The second kappa shape index (κ2) is 8.04. The Morgan fingerprint density at radius 3 is 2.50 bits per heavy atom. The van der Waals surface area contributed by atoms with Gasteiger partial charge in [0.2, 0.25) is 5.91 Å². The number of aliphatic hydroxyl groups is 1. The summed E-state index contributed by atoms with van der Waals surface area (Å²) in [5.74, 6) is 0.395. The highest BCUT2D eigenvalue weighted by atomic mass is 16.3. The topological polar surface area (TPSA) is 65.5 Å². The third-order valence-electron chi connectivity index (χ3n) is 3.68. The monoisotopic (exact) mass is 327 g/mol. The second-order valence-corrected chi connectivity index (χ2v) is 6.35. The van der Waals surface area contributed by atoms with Gasteiger partial charge < -0.3 is 10.4 Å². The number of aromatic nitrogens is 1. The second-order valence-electron chi connectivity index (χ2n) is 6.35. The number of carbonyl (C=O) groups is 1. The average molecular weight is 327 g/mol. The van der Waals surface area contributed by atoms with E-state index in [2.05, 4.69) is 16.4 Å². The quantitative estimate of drug-likeness (QED) is 0.856. The first-order chi connectivity index (χ1) is 11.3. The van der Waals surface area contributed by atoms with Crippen LogP contribution < -0.4 is 5.32 Å². The lowest BCUT2D eigenvalue weighted by atomic mass is 10.0. The number of hydrogen-bond acceptors (Lipinski definition) is 4. The molecule has 5 heteroatoms. The van der Waals surface area contributed by atoms with Crippen molar-refractivity contribution >= 4 is 11.7 Å². The molecular formula is C19H25N3O2. The summed E-state index contributed by atoms with van der Waals surface area (Å²) in [6.07, 6.45) is -0.626. The minimum absolute atomic E-state index is 0.150. The molecule has 1 atom stereocenters. The number of aryl methyl sites for hydroxylation is 3. The molecule has 0 aliphatic heterocycles. The molecule has 24 heavy (non-hydrogen) atoms. The fourth-order valence-electron chi connectivity index (χ4n) is 2.71. The molecule has 1 aromatic heterocycles. The molecule has 1 amide bonds. The highest BCUT2D eigenvalue weighted by molar-refractivity contribution is 5.91. The van der Waals surface area contributed by atoms with E-state index in [-0.39, 0.29) is 12.5 Å². The number of hydrogen-bond donors (Lipinski definition) is 2. The number of anilines is 1. The molecule has 0 saturated carbocycles. The molecule has 0 aliphatic rings. The van der Waals surface area contributed by atoms with E-state index in [1.807, 2.05) is 52.1 Å². The zero-order valence-electron chi connectivity index (χ0n) is 14.7. The van der Waals surface area contributed by atoms with Crippen molar-refractivity contribution in [3.63, 3.8) is 0 Å². The zero-order valence-corrected chi connectivity index (χ0v) is 14.7. The van der Waals surface area contributed by atoms with Crippen molar-refractivity contribution in [2.24, 2.45) is 0 Å². The van der Waals surface area contributed by atoms with Crippen LogP contribution in [0.3, 0.4) is 0 Å². The smallest absolute Gasteiger partial charge is 0.239 e. The van der Waals surface area contributed by atoms with E-state index in [1.165, 1.54) is 0 Å². The van der Waals surface area contributed by atoms with Crippen molar-refractivity contribution in [2.45, 2.75) is 26.9 Å². The molecule has 0 aliphatic carbocycles. The predicted molar refractivity (Wildman–Crippen MR) is 96.0 cm³/mol. The van der Waals surface area contributed by atoms with Gasteiger partial charge in [-0.25, -0.2) is 4.98 Å². The lowest BCUT2D eigenvalue weighted by Gasteiger charge is -2.21. The molecule has 0 saturated heterocycles. The highest BCUT2D eigenvalue weighted by Crippen LogP contribution is 2.17. The molecule has 128 valence electrons. The van der Waals surface area contributed by atoms with Crippen LogP contribution in [-0.4, -0.2) is 41.0 Å². The van der Waals surface area contributed by atoms with Gasteiger partial charge in [0.05, 0.1) is 12.6 Å². The Hall–Kier alpha value is -2.24. The molecule has 2 N–H and O–H groups in total. The molecule has 1 unspecified atom stereocenters. The average Bonchev–Trinajstić information content (AvgIpc) is 2.45. The number of pyridine rings is 1. The summed E-state index contributed by atoms with van der Waals surface area (Å²) in [4.78, 5) is 18.1. The van der Waals surface area contributed by atoms with Gasteiger partial charge >= 0.3 is 0 Å². The first-order valence-corrected chi connectivity index (χ1v) is 8.02. The van der Waals surface area contributed by atoms with Gasteiger partial charge in [0.25, 0.3) is 0 Å². The van der Waals surface area contributed by atoms with Crippen LogP contribution in [0.4, 0.5) is 5.82 Å². The Labute approximate surface area is 143 Å². The predicted octanol–water partition coefficient (Wildman–Crippen LogP) is 2.61. The van der Waals surface area contributed by atoms with E-state index in [9.17, 15) is 9.90 Å². The van der Waals surface area contributed by atoms with Crippen LogP contribution in [0.2, 0.25) is 0 Å². The number of amides is 1. The van der Waals surface area contributed by atoms with Gasteiger partial charge in [-0.2, -0.15) is 0 Å². The van der Waals surface area contributed by atoms with Crippen LogP contribution in [0.15, 0.2) is 36.4 Å². The maximum Gasteiger partial charge on any atom is 0.239 e. The van der Waals surface area contributed by atoms with E-state index < -0.39 is 6.10 Å². The minimum atomic E-state index is -0.626. The Morgan fingerprint density at radius 2 is 1.88 bits per heavy atom. The van der Waals surface area contributed by atoms with Crippen molar-refractivity contribution in [3.05, 3.63) is 58.8 Å². The van der Waals surface area contributed by atoms with Gasteiger partial charge in [0.1, 0.15) is 5.82 Å². The molecule has 0 radical (unpaired) electrons. The van der Waals surface area contributed by atoms with Gasteiger partial charge in [0, 0.05) is 12.2 Å². The van der Waals surface area contributed by atoms with Crippen LogP contribution in [0.25, 0.3) is 0 Å². The standard InChI is InChI=1S/C19H25N3O2/c1-13-8-14(2)10-16(9-13)17(23)11-22(4)12-19(24)21-18-7-5-6-15(3)20-18/h5-10,17,23H,11-12H2,1-4H3,(H,20,21,24). The number of nitrogens with one attached hydrogen (secondary N) is 1. The fraction of sp³-hybridized carbons (Fsp3) is 0.368. The molecule has 2 aromatic rings. The first-order valence-electron chi connectivity index (χ1n) is 8.02. The Kier molecular flexibility index (Phi) is 6.06. The molecule has 0 spiro atoms. The number of aliphatic hydroxyl groups excluding tert-OH is 1. The summed E-state index contributed by atoms with van der Waals surface area (Å²) in [6, 6.07) is 11.5. The van der Waals surface area contributed by atoms with Gasteiger partial charge in [-0.05, 0) is 45.5 Å². The van der Waals surface area contributed by atoms with E-state index in [4.69, 9.17) is 0 Å². The Balaban J connectivity index is 1.89. The summed E-state index contributed by atoms with van der Waals surface area (Å²) < 4.78 is 0. The summed E-state index contributed by atoms with van der Waals surface area (Å²) in [5.41, 5.74) is 3.97. The van der Waals surface area contributed by atoms with Crippen molar-refractivity contribution in [2.75, 3.05) is 25.5 Å². The van der Waals surface area contributed by atoms with Crippen LogP contribution in [-0.2, 0) is 4.79 Å². The number of likely N-dealkylation sites (N-methyl/N-ethyl adjacent to an activating group) is 1. The Morgan fingerprint density at radius 1 is 1.21 bits per heavy atom. The largest absolute Gasteiger partial charge is 0.387 e. The lowest BCUT2D eigenvalue weighted by Crippen LogP contribution is -2.33. The van der Waals surface area contributed by atoms with E-state index >= 15 is 0 Å². The molecule has 5 nitrogen and oxygen atoms in total. The molecule has 0 fully saturated rings. The zero-order chi connectivity index (χ0) is 17.7. The van der Waals surface area contributed by atoms with Crippen LogP contribution in [0.1, 0.15) is 28.5 Å². The number of nitrogens with zero attached hydrogens (tertiary/aromatic N) is 2. The number of carbonyl (C=O) groups excluding carboxylic acids is 1. The molecule has 1 aromatic carbocycles.